The molecule has 3 aromatic rings. The summed E-state index contributed by atoms with van der Waals surface area (Å²) in [7, 11) is 1.58. The molecule has 0 radical (unpaired) electrons. The second kappa shape index (κ2) is 8.59. The Balaban J connectivity index is 1.33. The lowest BCUT2D eigenvalue weighted by molar-refractivity contribution is 0.102. The van der Waals surface area contributed by atoms with E-state index in [4.69, 9.17) is 4.74 Å². The highest BCUT2D eigenvalue weighted by Crippen LogP contribution is 2.35. The molecule has 5 rings (SSSR count). The van der Waals surface area contributed by atoms with Crippen molar-refractivity contribution < 1.29 is 9.53 Å². The Hall–Kier alpha value is -3.45. The van der Waals surface area contributed by atoms with Crippen molar-refractivity contribution in [3.8, 4) is 5.75 Å². The van der Waals surface area contributed by atoms with Gasteiger partial charge in [0.1, 0.15) is 11.4 Å². The molecule has 2 aliphatic heterocycles. The first-order valence-corrected chi connectivity index (χ1v) is 10.9. The molecule has 4 heterocycles. The molecule has 0 spiro atoms. The van der Waals surface area contributed by atoms with Gasteiger partial charge in [-0.1, -0.05) is 6.07 Å². The summed E-state index contributed by atoms with van der Waals surface area (Å²) in [6, 6.07) is 16.6. The fourth-order valence-corrected chi connectivity index (χ4v) is 4.93. The number of hydrogen-bond donors (Lipinski definition) is 1. The Morgan fingerprint density at radius 2 is 1.94 bits per heavy atom. The molecule has 7 heteroatoms. The summed E-state index contributed by atoms with van der Waals surface area (Å²) >= 11 is 0. The number of nitrogens with zero attached hydrogens (tertiary/aromatic N) is 3. The summed E-state index contributed by atoms with van der Waals surface area (Å²) < 4.78 is 7.00. The highest BCUT2D eigenvalue weighted by atomic mass is 16.5. The minimum absolute atomic E-state index is 0.128. The maximum atomic E-state index is 13.2. The smallest absolute Gasteiger partial charge is 0.274 e. The summed E-state index contributed by atoms with van der Waals surface area (Å²) in [5.74, 6) is 1.10. The first kappa shape index (κ1) is 20.5. The lowest BCUT2D eigenvalue weighted by Crippen LogP contribution is -2.47. The number of methoxy groups -OCH3 is 1. The molecule has 0 saturated carbocycles. The van der Waals surface area contributed by atoms with Gasteiger partial charge in [0.15, 0.2) is 0 Å². The van der Waals surface area contributed by atoms with Crippen molar-refractivity contribution in [2.45, 2.75) is 25.4 Å². The van der Waals surface area contributed by atoms with Gasteiger partial charge in [-0.15, -0.1) is 0 Å². The predicted octanol–water partition coefficient (Wildman–Crippen LogP) is 3.12. The zero-order chi connectivity index (χ0) is 22.1. The van der Waals surface area contributed by atoms with Crippen molar-refractivity contribution in [2.75, 3.05) is 25.5 Å². The number of likely N-dealkylation sites (tertiary alicyclic amines) is 1. The highest BCUT2D eigenvalue weighted by molar-refractivity contribution is 6.04. The number of aromatic nitrogens is 2. The van der Waals surface area contributed by atoms with Crippen LogP contribution in [-0.4, -0.2) is 40.6 Å². The van der Waals surface area contributed by atoms with Crippen molar-refractivity contribution in [3.05, 3.63) is 88.1 Å². The zero-order valence-electron chi connectivity index (χ0n) is 18.0. The van der Waals surface area contributed by atoms with Gasteiger partial charge < -0.3 is 14.6 Å². The van der Waals surface area contributed by atoms with Gasteiger partial charge in [0.05, 0.1) is 12.8 Å². The molecule has 1 amide bonds. The number of rotatable bonds is 5. The quantitative estimate of drug-likeness (QED) is 0.673. The van der Waals surface area contributed by atoms with Crippen LogP contribution in [0.3, 0.4) is 0 Å². The van der Waals surface area contributed by atoms with E-state index in [0.29, 0.717) is 35.4 Å². The van der Waals surface area contributed by atoms with E-state index in [2.05, 4.69) is 21.3 Å². The number of carbonyl (C=O) groups is 1. The molecule has 1 N–H and O–H groups in total. The number of ether oxygens (including phenoxy) is 1. The standard InChI is InChI=1S/C25H26N4O3/c1-32-21-7-5-18(6-8-21)24(30)27-22-9-10-23-19-12-17(14-29(23)25(22)31)13-28(15-19)16-20-4-2-3-11-26-20/h2-11,17,19H,12-16H2,1H3,(H,27,30)/t17-,19+/m0/s1. The maximum absolute atomic E-state index is 13.2. The van der Waals surface area contributed by atoms with Crippen LogP contribution in [0.4, 0.5) is 5.69 Å². The summed E-state index contributed by atoms with van der Waals surface area (Å²) in [4.78, 5) is 32.7. The third-order valence-corrected chi connectivity index (χ3v) is 6.39. The lowest BCUT2D eigenvalue weighted by atomic mass is 9.83. The molecule has 1 fully saturated rings. The van der Waals surface area contributed by atoms with E-state index in [-0.39, 0.29) is 11.5 Å². The van der Waals surface area contributed by atoms with Crippen molar-refractivity contribution >= 4 is 11.6 Å². The van der Waals surface area contributed by atoms with Gasteiger partial charge in [-0.2, -0.15) is 0 Å². The number of anilines is 1. The van der Waals surface area contributed by atoms with E-state index >= 15 is 0 Å². The first-order valence-electron chi connectivity index (χ1n) is 10.9. The molecule has 7 nitrogen and oxygen atoms in total. The van der Waals surface area contributed by atoms with Crippen LogP contribution in [0.25, 0.3) is 0 Å². The highest BCUT2D eigenvalue weighted by Gasteiger charge is 2.35. The molecule has 164 valence electrons. The van der Waals surface area contributed by atoms with E-state index < -0.39 is 0 Å². The maximum Gasteiger partial charge on any atom is 0.274 e. The summed E-state index contributed by atoms with van der Waals surface area (Å²) in [5.41, 5.74) is 2.80. The van der Waals surface area contributed by atoms with E-state index in [0.717, 1.165) is 37.4 Å². The zero-order valence-corrected chi connectivity index (χ0v) is 18.0. The van der Waals surface area contributed by atoms with Crippen molar-refractivity contribution in [2.24, 2.45) is 5.92 Å². The Labute approximate surface area is 186 Å². The first-order chi connectivity index (χ1) is 15.6. The average molecular weight is 431 g/mol. The topological polar surface area (TPSA) is 76.5 Å². The number of hydrogen-bond acceptors (Lipinski definition) is 5. The largest absolute Gasteiger partial charge is 0.497 e. The van der Waals surface area contributed by atoms with E-state index in [1.807, 2.05) is 29.0 Å². The Kier molecular flexibility index (Phi) is 5.49. The molecule has 2 bridgehead atoms. The number of piperidine rings is 1. The predicted molar refractivity (Wildman–Crippen MR) is 122 cm³/mol. The number of nitrogens with one attached hydrogen (secondary N) is 1. The van der Waals surface area contributed by atoms with Gasteiger partial charge >= 0.3 is 0 Å². The summed E-state index contributed by atoms with van der Waals surface area (Å²) in [6.07, 6.45) is 2.92. The van der Waals surface area contributed by atoms with Gasteiger partial charge in [-0.3, -0.25) is 19.5 Å². The molecule has 2 atom stereocenters. The van der Waals surface area contributed by atoms with E-state index in [1.54, 1.807) is 37.4 Å². The molecule has 2 aliphatic rings. The monoisotopic (exact) mass is 430 g/mol. The van der Waals surface area contributed by atoms with Crippen LogP contribution in [0.5, 0.6) is 5.75 Å². The number of fused-ring (bicyclic) bond motifs is 4. The Morgan fingerprint density at radius 3 is 2.69 bits per heavy atom. The second-order valence-corrected chi connectivity index (χ2v) is 8.58. The minimum Gasteiger partial charge on any atom is -0.497 e. The summed E-state index contributed by atoms with van der Waals surface area (Å²) in [6.45, 7) is 3.36. The second-order valence-electron chi connectivity index (χ2n) is 8.58. The van der Waals surface area contributed by atoms with E-state index in [9.17, 15) is 9.59 Å². The molecule has 0 unspecified atom stereocenters. The van der Waals surface area contributed by atoms with Crippen LogP contribution in [0.2, 0.25) is 0 Å². The molecule has 1 aromatic carbocycles. The summed E-state index contributed by atoms with van der Waals surface area (Å²) in [5, 5.41) is 2.79. The number of benzene rings is 1. The molecule has 1 saturated heterocycles. The van der Waals surface area contributed by atoms with E-state index in [1.165, 1.54) is 0 Å². The molecular weight excluding hydrogens is 404 g/mol. The SMILES string of the molecule is COc1ccc(C(=O)Nc2ccc3n(c2=O)C[C@H]2C[C@@H]3CN(Cc3ccccn3)C2)cc1. The fourth-order valence-electron chi connectivity index (χ4n) is 4.93. The lowest BCUT2D eigenvalue weighted by Gasteiger charge is -2.42. The van der Waals surface area contributed by atoms with Crippen LogP contribution in [0.15, 0.2) is 65.6 Å². The number of carbonyl (C=O) groups excluding carboxylic acids is 1. The van der Waals surface area contributed by atoms with Gasteiger partial charge in [0, 0.05) is 49.6 Å². The van der Waals surface area contributed by atoms with Crippen LogP contribution < -0.4 is 15.6 Å². The van der Waals surface area contributed by atoms with Crippen molar-refractivity contribution in [1.82, 2.24) is 14.5 Å². The van der Waals surface area contributed by atoms with Crippen LogP contribution in [0, 0.1) is 5.92 Å². The third-order valence-electron chi connectivity index (χ3n) is 6.39. The van der Waals surface area contributed by atoms with Crippen molar-refractivity contribution in [3.63, 3.8) is 0 Å². The van der Waals surface area contributed by atoms with Crippen LogP contribution in [-0.2, 0) is 13.1 Å². The normalized spacial score (nSPS) is 19.8. The molecule has 0 aliphatic carbocycles. The van der Waals surface area contributed by atoms with Crippen LogP contribution >= 0.6 is 0 Å². The fraction of sp³-hybridized carbons (Fsp3) is 0.320. The Morgan fingerprint density at radius 1 is 1.09 bits per heavy atom. The van der Waals surface area contributed by atoms with Gasteiger partial charge in [0.2, 0.25) is 0 Å². The van der Waals surface area contributed by atoms with Gasteiger partial charge in [0.25, 0.3) is 11.5 Å². The van der Waals surface area contributed by atoms with Gasteiger partial charge in [-0.05, 0) is 60.9 Å². The average Bonchev–Trinajstić information content (AvgIpc) is 2.82. The Bertz CT molecular complexity index is 1170. The van der Waals surface area contributed by atoms with Crippen LogP contribution in [0.1, 0.15) is 34.1 Å². The third kappa shape index (κ3) is 4.03. The van der Waals surface area contributed by atoms with Gasteiger partial charge in [-0.25, -0.2) is 0 Å². The molecule has 2 aromatic heterocycles. The number of pyridine rings is 2. The van der Waals surface area contributed by atoms with Crippen molar-refractivity contribution in [1.29, 1.82) is 0 Å². The number of amides is 1. The minimum atomic E-state index is -0.303. The molecule has 32 heavy (non-hydrogen) atoms. The molecular formula is C25H26N4O3.